The topological polar surface area (TPSA) is 62.1 Å². The first kappa shape index (κ1) is 20.6. The normalized spacial score (nSPS) is 27.4. The highest BCUT2D eigenvalue weighted by Crippen LogP contribution is 2.49. The molecule has 0 saturated heterocycles. The molecule has 2 aliphatic rings. The lowest BCUT2D eigenvalue weighted by Gasteiger charge is -2.38. The minimum absolute atomic E-state index is 0.139. The summed E-state index contributed by atoms with van der Waals surface area (Å²) in [4.78, 5) is 12.7. The second kappa shape index (κ2) is 7.06. The number of fused-ring (bicyclic) bond motifs is 1. The molecule has 0 spiro atoms. The second-order valence-corrected chi connectivity index (χ2v) is 7.86. The Kier molecular flexibility index (Phi) is 5.20. The summed E-state index contributed by atoms with van der Waals surface area (Å²) in [6.45, 7) is 6.66. The Morgan fingerprint density at radius 1 is 1.29 bits per heavy atom. The Hall–Kier alpha value is -2.09. The Bertz CT molecular complexity index is 798. The van der Waals surface area contributed by atoms with Crippen LogP contribution >= 0.6 is 0 Å². The standard InChI is InChI=1S/C20H25F3N2O3/c1-11-8-13(3)18(14(4)9-11)28-10-16(26)25-19(27,20(21,22)23)15-7-5-6-12(2)17(15)24-25/h8-9,12,15,27H,5-7,10H2,1-4H3/t12-,15+,19+/m1/s1. The van der Waals surface area contributed by atoms with Gasteiger partial charge in [-0.2, -0.15) is 23.3 Å². The van der Waals surface area contributed by atoms with Crippen LogP contribution in [-0.4, -0.2) is 40.2 Å². The predicted molar refractivity (Wildman–Crippen MR) is 97.9 cm³/mol. The van der Waals surface area contributed by atoms with E-state index in [1.807, 2.05) is 19.1 Å². The maximum absolute atomic E-state index is 13.8. The van der Waals surface area contributed by atoms with Gasteiger partial charge in [-0.15, -0.1) is 0 Å². The van der Waals surface area contributed by atoms with Crippen molar-refractivity contribution < 1.29 is 27.8 Å². The molecule has 3 rings (SSSR count). The van der Waals surface area contributed by atoms with Gasteiger partial charge in [-0.3, -0.25) is 4.79 Å². The third-order valence-corrected chi connectivity index (χ3v) is 5.61. The van der Waals surface area contributed by atoms with Gasteiger partial charge in [0.25, 0.3) is 11.6 Å². The number of hydrogen-bond acceptors (Lipinski definition) is 4. The summed E-state index contributed by atoms with van der Waals surface area (Å²) in [5.74, 6) is -2.02. The molecule has 3 atom stereocenters. The summed E-state index contributed by atoms with van der Waals surface area (Å²) in [5.41, 5.74) is -0.501. The fraction of sp³-hybridized carbons (Fsp3) is 0.600. The summed E-state index contributed by atoms with van der Waals surface area (Å²) < 4.78 is 47.0. The van der Waals surface area contributed by atoms with Crippen molar-refractivity contribution >= 4 is 11.6 Å². The quantitative estimate of drug-likeness (QED) is 0.841. The molecule has 1 fully saturated rings. The van der Waals surface area contributed by atoms with E-state index in [0.717, 1.165) is 16.7 Å². The summed E-state index contributed by atoms with van der Waals surface area (Å²) in [6, 6.07) is 3.73. The number of hydrazone groups is 1. The van der Waals surface area contributed by atoms with Crippen molar-refractivity contribution in [3.8, 4) is 5.75 Å². The SMILES string of the molecule is Cc1cc(C)c(OCC(=O)N2N=C3[C@H](C)CCC[C@@H]3[C@]2(O)C(F)(F)F)c(C)c1. The number of nitrogens with zero attached hydrogens (tertiary/aromatic N) is 2. The third kappa shape index (κ3) is 3.27. The number of benzene rings is 1. The fourth-order valence-electron chi connectivity index (χ4n) is 4.34. The summed E-state index contributed by atoms with van der Waals surface area (Å²) in [6.07, 6.45) is -3.65. The zero-order chi connectivity index (χ0) is 20.9. The molecule has 0 bridgehead atoms. The van der Waals surface area contributed by atoms with E-state index in [1.165, 1.54) is 0 Å². The largest absolute Gasteiger partial charge is 0.483 e. The van der Waals surface area contributed by atoms with Crippen molar-refractivity contribution in [3.05, 3.63) is 28.8 Å². The smallest absolute Gasteiger partial charge is 0.439 e. The van der Waals surface area contributed by atoms with Gasteiger partial charge in [0.05, 0.1) is 5.92 Å². The molecule has 1 aromatic carbocycles. The highest BCUT2D eigenvalue weighted by Gasteiger charge is 2.69. The summed E-state index contributed by atoms with van der Waals surface area (Å²) in [7, 11) is 0. The molecule has 1 aromatic rings. The van der Waals surface area contributed by atoms with Crippen molar-refractivity contribution in [2.45, 2.75) is 58.9 Å². The first-order valence-electron chi connectivity index (χ1n) is 9.38. The van der Waals surface area contributed by atoms with Gasteiger partial charge in [0, 0.05) is 5.71 Å². The third-order valence-electron chi connectivity index (χ3n) is 5.61. The maximum Gasteiger partial charge on any atom is 0.439 e. The molecule has 154 valence electrons. The molecule has 0 aromatic heterocycles. The Balaban J connectivity index is 1.87. The summed E-state index contributed by atoms with van der Waals surface area (Å²) in [5, 5.41) is 14.8. The Labute approximate surface area is 162 Å². The van der Waals surface area contributed by atoms with Crippen LogP contribution in [0, 0.1) is 32.6 Å². The number of halogens is 3. The number of carbonyl (C=O) groups is 1. The van der Waals surface area contributed by atoms with E-state index in [-0.39, 0.29) is 23.1 Å². The van der Waals surface area contributed by atoms with E-state index in [0.29, 0.717) is 18.6 Å². The molecule has 1 aliphatic carbocycles. The lowest BCUT2D eigenvalue weighted by atomic mass is 9.75. The highest BCUT2D eigenvalue weighted by molar-refractivity contribution is 5.95. The first-order valence-corrected chi connectivity index (χ1v) is 9.38. The van der Waals surface area contributed by atoms with Gasteiger partial charge in [0.1, 0.15) is 5.75 Å². The molecule has 1 saturated carbocycles. The van der Waals surface area contributed by atoms with Gasteiger partial charge in [-0.05, 0) is 50.7 Å². The van der Waals surface area contributed by atoms with Crippen LogP contribution in [0.25, 0.3) is 0 Å². The van der Waals surface area contributed by atoms with E-state index in [2.05, 4.69) is 5.10 Å². The molecular formula is C20H25F3N2O3. The van der Waals surface area contributed by atoms with Crippen molar-refractivity contribution in [1.82, 2.24) is 5.01 Å². The Morgan fingerprint density at radius 3 is 2.46 bits per heavy atom. The van der Waals surface area contributed by atoms with Gasteiger partial charge < -0.3 is 9.84 Å². The van der Waals surface area contributed by atoms with Crippen molar-refractivity contribution in [2.24, 2.45) is 16.9 Å². The number of alkyl halides is 3. The van der Waals surface area contributed by atoms with Crippen LogP contribution in [0.3, 0.4) is 0 Å². The van der Waals surface area contributed by atoms with E-state index in [9.17, 15) is 23.1 Å². The molecule has 1 heterocycles. The lowest BCUT2D eigenvalue weighted by Crippen LogP contribution is -2.62. The maximum atomic E-state index is 13.8. The van der Waals surface area contributed by atoms with Gasteiger partial charge in [0.15, 0.2) is 6.61 Å². The summed E-state index contributed by atoms with van der Waals surface area (Å²) >= 11 is 0. The molecule has 1 N–H and O–H groups in total. The molecule has 8 heteroatoms. The molecule has 1 aliphatic heterocycles. The molecule has 0 unspecified atom stereocenters. The molecule has 1 amide bonds. The average molecular weight is 398 g/mol. The van der Waals surface area contributed by atoms with Crippen LogP contribution in [0.15, 0.2) is 17.2 Å². The van der Waals surface area contributed by atoms with Gasteiger partial charge in [0.2, 0.25) is 0 Å². The van der Waals surface area contributed by atoms with Crippen LogP contribution < -0.4 is 4.74 Å². The predicted octanol–water partition coefficient (Wildman–Crippen LogP) is 3.88. The van der Waals surface area contributed by atoms with E-state index in [1.54, 1.807) is 20.8 Å². The average Bonchev–Trinajstić information content (AvgIpc) is 2.89. The molecule has 28 heavy (non-hydrogen) atoms. The van der Waals surface area contributed by atoms with Crippen LogP contribution in [0.5, 0.6) is 5.75 Å². The van der Waals surface area contributed by atoms with Crippen LogP contribution in [0.2, 0.25) is 0 Å². The molecule has 0 radical (unpaired) electrons. The van der Waals surface area contributed by atoms with Crippen LogP contribution in [-0.2, 0) is 4.79 Å². The van der Waals surface area contributed by atoms with E-state index < -0.39 is 30.3 Å². The van der Waals surface area contributed by atoms with Gasteiger partial charge in [-0.25, -0.2) is 0 Å². The number of hydrogen-bond donors (Lipinski definition) is 1. The van der Waals surface area contributed by atoms with Crippen molar-refractivity contribution in [3.63, 3.8) is 0 Å². The lowest BCUT2D eigenvalue weighted by molar-refractivity contribution is -0.317. The van der Waals surface area contributed by atoms with Gasteiger partial charge in [-0.1, -0.05) is 31.0 Å². The fourth-order valence-corrected chi connectivity index (χ4v) is 4.34. The van der Waals surface area contributed by atoms with E-state index >= 15 is 0 Å². The molecular weight excluding hydrogens is 373 g/mol. The zero-order valence-electron chi connectivity index (χ0n) is 16.4. The van der Waals surface area contributed by atoms with E-state index in [4.69, 9.17) is 4.74 Å². The molecule has 5 nitrogen and oxygen atoms in total. The number of aliphatic hydroxyl groups is 1. The zero-order valence-corrected chi connectivity index (χ0v) is 16.4. The van der Waals surface area contributed by atoms with Crippen LogP contribution in [0.1, 0.15) is 42.9 Å². The van der Waals surface area contributed by atoms with Crippen molar-refractivity contribution in [1.29, 1.82) is 0 Å². The number of amides is 1. The van der Waals surface area contributed by atoms with Gasteiger partial charge >= 0.3 is 6.18 Å². The number of carbonyl (C=O) groups excluding carboxylic acids is 1. The highest BCUT2D eigenvalue weighted by atomic mass is 19.4. The minimum Gasteiger partial charge on any atom is -0.483 e. The van der Waals surface area contributed by atoms with Crippen molar-refractivity contribution in [2.75, 3.05) is 6.61 Å². The van der Waals surface area contributed by atoms with Crippen LogP contribution in [0.4, 0.5) is 13.2 Å². The number of ether oxygens (including phenoxy) is 1. The first-order chi connectivity index (χ1) is 13.0. The Morgan fingerprint density at radius 2 is 1.89 bits per heavy atom. The number of aryl methyl sites for hydroxylation is 3. The monoisotopic (exact) mass is 398 g/mol. The number of rotatable bonds is 3. The second-order valence-electron chi connectivity index (χ2n) is 7.86. The minimum atomic E-state index is -5.02.